The van der Waals surface area contributed by atoms with Gasteiger partial charge in [-0.15, -0.1) is 11.3 Å². The van der Waals surface area contributed by atoms with Crippen LogP contribution >= 0.6 is 27.3 Å². The summed E-state index contributed by atoms with van der Waals surface area (Å²) in [6.45, 7) is 3.87. The molecule has 1 fully saturated rings. The molecule has 1 aliphatic rings. The van der Waals surface area contributed by atoms with Gasteiger partial charge >= 0.3 is 0 Å². The summed E-state index contributed by atoms with van der Waals surface area (Å²) in [4.78, 5) is 1.33. The molecule has 4 heteroatoms. The van der Waals surface area contributed by atoms with Gasteiger partial charge in [-0.05, 0) is 27.9 Å². The highest BCUT2D eigenvalue weighted by Crippen LogP contribution is 2.44. The van der Waals surface area contributed by atoms with Gasteiger partial charge in [-0.3, -0.25) is 0 Å². The van der Waals surface area contributed by atoms with Crippen LogP contribution in [0.2, 0.25) is 0 Å². The maximum atomic E-state index is 9.43. The Hall–Kier alpha value is 0.1000. The average molecular weight is 291 g/mol. The van der Waals surface area contributed by atoms with Crippen molar-refractivity contribution in [2.75, 3.05) is 19.8 Å². The molecule has 0 radical (unpaired) electrons. The van der Waals surface area contributed by atoms with Gasteiger partial charge in [-0.25, -0.2) is 0 Å². The van der Waals surface area contributed by atoms with Crippen molar-refractivity contribution in [2.45, 2.75) is 18.8 Å². The molecule has 1 aromatic heterocycles. The molecule has 0 aromatic carbocycles. The first kappa shape index (κ1) is 11.6. The standard InChI is InChI=1S/C11H15BrO2S/c1-2-8(4-13)11(6-14-7-11)10-3-9(12)5-15-10/h3,5,8,13H,2,4,6-7H2,1H3. The molecule has 2 heterocycles. The number of ether oxygens (including phenoxy) is 1. The molecule has 2 rings (SSSR count). The fourth-order valence-electron chi connectivity index (χ4n) is 2.17. The van der Waals surface area contributed by atoms with E-state index in [4.69, 9.17) is 4.74 Å². The minimum Gasteiger partial charge on any atom is -0.396 e. The largest absolute Gasteiger partial charge is 0.396 e. The molecule has 15 heavy (non-hydrogen) atoms. The molecule has 0 bridgehead atoms. The van der Waals surface area contributed by atoms with Crippen molar-refractivity contribution >= 4 is 27.3 Å². The van der Waals surface area contributed by atoms with E-state index in [9.17, 15) is 5.11 Å². The molecular formula is C11H15BrO2S. The summed E-state index contributed by atoms with van der Waals surface area (Å²) in [6.07, 6.45) is 0.995. The summed E-state index contributed by atoms with van der Waals surface area (Å²) >= 11 is 5.23. The zero-order chi connectivity index (χ0) is 10.9. The molecule has 1 unspecified atom stereocenters. The normalized spacial score (nSPS) is 21.0. The third-order valence-electron chi connectivity index (χ3n) is 3.27. The van der Waals surface area contributed by atoms with Crippen LogP contribution in [0.3, 0.4) is 0 Å². The molecular weight excluding hydrogens is 276 g/mol. The molecule has 1 N–H and O–H groups in total. The predicted molar refractivity (Wildman–Crippen MR) is 65.4 cm³/mol. The maximum Gasteiger partial charge on any atom is 0.0597 e. The van der Waals surface area contributed by atoms with E-state index in [0.717, 1.165) is 24.1 Å². The highest BCUT2D eigenvalue weighted by molar-refractivity contribution is 9.10. The Balaban J connectivity index is 2.28. The van der Waals surface area contributed by atoms with Gasteiger partial charge in [0.25, 0.3) is 0 Å². The lowest BCUT2D eigenvalue weighted by molar-refractivity contribution is -0.0992. The minimum atomic E-state index is 0.0696. The summed E-state index contributed by atoms with van der Waals surface area (Å²) in [5.74, 6) is 0.316. The monoisotopic (exact) mass is 290 g/mol. The smallest absolute Gasteiger partial charge is 0.0597 e. The summed E-state index contributed by atoms with van der Waals surface area (Å²) < 4.78 is 6.49. The van der Waals surface area contributed by atoms with Crippen molar-refractivity contribution < 1.29 is 9.84 Å². The second-order valence-electron chi connectivity index (χ2n) is 4.07. The van der Waals surface area contributed by atoms with Gasteiger partial charge in [0.15, 0.2) is 0 Å². The topological polar surface area (TPSA) is 29.5 Å². The van der Waals surface area contributed by atoms with E-state index in [1.165, 1.54) is 4.88 Å². The molecule has 1 aliphatic heterocycles. The maximum absolute atomic E-state index is 9.43. The molecule has 0 saturated carbocycles. The number of thiophene rings is 1. The van der Waals surface area contributed by atoms with Crippen molar-refractivity contribution in [3.8, 4) is 0 Å². The van der Waals surface area contributed by atoms with E-state index >= 15 is 0 Å². The Morgan fingerprint density at radius 2 is 2.40 bits per heavy atom. The third-order valence-corrected chi connectivity index (χ3v) is 5.18. The van der Waals surface area contributed by atoms with Crippen LogP contribution in [0.1, 0.15) is 18.2 Å². The van der Waals surface area contributed by atoms with Gasteiger partial charge in [0.2, 0.25) is 0 Å². The number of aliphatic hydroxyl groups excluding tert-OH is 1. The summed E-state index contributed by atoms with van der Waals surface area (Å²) in [6, 6.07) is 2.16. The van der Waals surface area contributed by atoms with Crippen molar-refractivity contribution in [3.63, 3.8) is 0 Å². The minimum absolute atomic E-state index is 0.0696. The first-order valence-electron chi connectivity index (χ1n) is 5.16. The van der Waals surface area contributed by atoms with Crippen LogP contribution in [0.4, 0.5) is 0 Å². The van der Waals surface area contributed by atoms with E-state index in [2.05, 4.69) is 34.3 Å². The summed E-state index contributed by atoms with van der Waals surface area (Å²) in [5.41, 5.74) is 0.0696. The quantitative estimate of drug-likeness (QED) is 0.924. The molecule has 2 nitrogen and oxygen atoms in total. The van der Waals surface area contributed by atoms with E-state index in [-0.39, 0.29) is 12.0 Å². The van der Waals surface area contributed by atoms with E-state index in [0.29, 0.717) is 5.92 Å². The lowest BCUT2D eigenvalue weighted by Crippen LogP contribution is -2.52. The molecule has 1 atom stereocenters. The Kier molecular flexibility index (Phi) is 3.50. The zero-order valence-corrected chi connectivity index (χ0v) is 11.1. The molecule has 1 aromatic rings. The van der Waals surface area contributed by atoms with Crippen LogP contribution in [-0.4, -0.2) is 24.9 Å². The fraction of sp³-hybridized carbons (Fsp3) is 0.636. The summed E-state index contributed by atoms with van der Waals surface area (Å²) in [7, 11) is 0. The first-order valence-corrected chi connectivity index (χ1v) is 6.83. The number of hydrogen-bond donors (Lipinski definition) is 1. The summed E-state index contributed by atoms with van der Waals surface area (Å²) in [5, 5.41) is 11.5. The van der Waals surface area contributed by atoms with Gasteiger partial charge < -0.3 is 9.84 Å². The SMILES string of the molecule is CCC(CO)C1(c2cc(Br)cs2)COC1. The van der Waals surface area contributed by atoms with Gasteiger partial charge in [-0.2, -0.15) is 0 Å². The van der Waals surface area contributed by atoms with Crippen molar-refractivity contribution in [2.24, 2.45) is 5.92 Å². The Morgan fingerprint density at radius 1 is 1.67 bits per heavy atom. The van der Waals surface area contributed by atoms with Crippen LogP contribution in [0.25, 0.3) is 0 Å². The van der Waals surface area contributed by atoms with Crippen molar-refractivity contribution in [1.82, 2.24) is 0 Å². The number of aliphatic hydroxyl groups is 1. The van der Waals surface area contributed by atoms with Gasteiger partial charge in [-0.1, -0.05) is 13.3 Å². The van der Waals surface area contributed by atoms with E-state index < -0.39 is 0 Å². The van der Waals surface area contributed by atoms with Gasteiger partial charge in [0.05, 0.1) is 18.6 Å². The van der Waals surface area contributed by atoms with E-state index in [1.54, 1.807) is 11.3 Å². The second-order valence-corrected chi connectivity index (χ2v) is 5.89. The third kappa shape index (κ3) is 1.88. The molecule has 84 valence electrons. The predicted octanol–water partition coefficient (Wildman–Crippen LogP) is 2.80. The first-order chi connectivity index (χ1) is 7.23. The van der Waals surface area contributed by atoms with Crippen LogP contribution in [0.15, 0.2) is 15.9 Å². The van der Waals surface area contributed by atoms with Gasteiger partial charge in [0, 0.05) is 21.3 Å². The molecule has 0 amide bonds. The van der Waals surface area contributed by atoms with Crippen LogP contribution in [0.5, 0.6) is 0 Å². The van der Waals surface area contributed by atoms with Crippen LogP contribution in [0, 0.1) is 5.92 Å². The Bertz CT molecular complexity index is 329. The van der Waals surface area contributed by atoms with Crippen LogP contribution in [-0.2, 0) is 10.2 Å². The fourth-order valence-corrected chi connectivity index (χ4v) is 3.85. The average Bonchev–Trinajstić information content (AvgIpc) is 2.58. The Labute approximate surface area is 102 Å². The highest BCUT2D eigenvalue weighted by atomic mass is 79.9. The number of hydrogen-bond acceptors (Lipinski definition) is 3. The second kappa shape index (κ2) is 4.53. The van der Waals surface area contributed by atoms with Gasteiger partial charge in [0.1, 0.15) is 0 Å². The Morgan fingerprint density at radius 3 is 2.73 bits per heavy atom. The van der Waals surface area contributed by atoms with E-state index in [1.807, 2.05) is 0 Å². The number of halogens is 1. The zero-order valence-electron chi connectivity index (χ0n) is 8.70. The molecule has 1 saturated heterocycles. The lowest BCUT2D eigenvalue weighted by atomic mass is 9.71. The van der Waals surface area contributed by atoms with Crippen molar-refractivity contribution in [1.29, 1.82) is 0 Å². The van der Waals surface area contributed by atoms with Crippen molar-refractivity contribution in [3.05, 3.63) is 20.8 Å². The number of rotatable bonds is 4. The van der Waals surface area contributed by atoms with Crippen LogP contribution < -0.4 is 0 Å². The molecule has 0 spiro atoms. The lowest BCUT2D eigenvalue weighted by Gasteiger charge is -2.46. The molecule has 0 aliphatic carbocycles. The highest BCUT2D eigenvalue weighted by Gasteiger charge is 2.46.